The van der Waals surface area contributed by atoms with Gasteiger partial charge in [-0.15, -0.1) is 0 Å². The van der Waals surface area contributed by atoms with E-state index in [2.05, 4.69) is 38.0 Å². The van der Waals surface area contributed by atoms with Crippen LogP contribution in [0.4, 0.5) is 5.82 Å². The predicted molar refractivity (Wildman–Crippen MR) is 75.7 cm³/mol. The van der Waals surface area contributed by atoms with E-state index in [1.165, 1.54) is 0 Å². The second kappa shape index (κ2) is 6.19. The van der Waals surface area contributed by atoms with Crippen LogP contribution in [0.25, 0.3) is 0 Å². The molecule has 1 aromatic heterocycles. The molecule has 1 heterocycles. The Bertz CT molecular complexity index is 413. The highest BCUT2D eigenvalue weighted by atomic mass is 35.5. The molecule has 1 N–H and O–H groups in total. The van der Waals surface area contributed by atoms with Crippen LogP contribution in [0, 0.1) is 11.3 Å². The molecule has 0 spiro atoms. The molecule has 18 heavy (non-hydrogen) atoms. The lowest BCUT2D eigenvalue weighted by atomic mass is 9.84. The molecule has 1 aromatic rings. The minimum Gasteiger partial charge on any atom is -0.311 e. The Morgan fingerprint density at radius 2 is 2.17 bits per heavy atom. The number of nitrogens with one attached hydrogen (secondary N) is 1. The SMILES string of the molecule is CC(CC(=O)Nc1cc(Cl)ccn1)CC(C)(C)C. The van der Waals surface area contributed by atoms with E-state index in [0.717, 1.165) is 6.42 Å². The van der Waals surface area contributed by atoms with E-state index in [-0.39, 0.29) is 11.3 Å². The maximum absolute atomic E-state index is 11.8. The summed E-state index contributed by atoms with van der Waals surface area (Å²) in [7, 11) is 0. The van der Waals surface area contributed by atoms with Crippen molar-refractivity contribution in [3.8, 4) is 0 Å². The second-order valence-corrected chi connectivity index (χ2v) is 6.42. The van der Waals surface area contributed by atoms with Crippen molar-refractivity contribution >= 4 is 23.3 Å². The summed E-state index contributed by atoms with van der Waals surface area (Å²) in [6, 6.07) is 3.33. The number of amides is 1. The molecule has 4 heteroatoms. The first-order valence-corrected chi connectivity index (χ1v) is 6.55. The van der Waals surface area contributed by atoms with E-state index in [9.17, 15) is 4.79 Å². The number of hydrogen-bond acceptors (Lipinski definition) is 2. The molecule has 0 fully saturated rings. The lowest BCUT2D eigenvalue weighted by Gasteiger charge is -2.22. The molecule has 0 aliphatic rings. The van der Waals surface area contributed by atoms with Gasteiger partial charge in [0.05, 0.1) is 0 Å². The maximum Gasteiger partial charge on any atom is 0.225 e. The molecule has 3 nitrogen and oxygen atoms in total. The third-order valence-electron chi connectivity index (χ3n) is 2.48. The Morgan fingerprint density at radius 3 is 2.72 bits per heavy atom. The molecule has 0 aromatic carbocycles. The highest BCUT2D eigenvalue weighted by Crippen LogP contribution is 2.26. The van der Waals surface area contributed by atoms with E-state index in [0.29, 0.717) is 23.2 Å². The minimum absolute atomic E-state index is 0.0125. The summed E-state index contributed by atoms with van der Waals surface area (Å²) in [4.78, 5) is 15.9. The minimum atomic E-state index is -0.0125. The molecule has 1 rings (SSSR count). The number of hydrogen-bond donors (Lipinski definition) is 1. The van der Waals surface area contributed by atoms with E-state index in [4.69, 9.17) is 11.6 Å². The van der Waals surface area contributed by atoms with E-state index in [1.807, 2.05) is 0 Å². The van der Waals surface area contributed by atoms with Gasteiger partial charge in [0, 0.05) is 17.6 Å². The van der Waals surface area contributed by atoms with Crippen molar-refractivity contribution in [3.63, 3.8) is 0 Å². The zero-order chi connectivity index (χ0) is 13.8. The Labute approximate surface area is 114 Å². The molecular formula is C14H21ClN2O. The van der Waals surface area contributed by atoms with Crippen molar-refractivity contribution in [3.05, 3.63) is 23.4 Å². The number of anilines is 1. The predicted octanol–water partition coefficient (Wildman–Crippen LogP) is 4.14. The van der Waals surface area contributed by atoms with Crippen LogP contribution in [-0.4, -0.2) is 10.9 Å². The van der Waals surface area contributed by atoms with Crippen LogP contribution < -0.4 is 5.32 Å². The third kappa shape index (κ3) is 6.01. The Hall–Kier alpha value is -1.09. The summed E-state index contributed by atoms with van der Waals surface area (Å²) in [6.07, 6.45) is 3.10. The number of carbonyl (C=O) groups is 1. The molecule has 0 radical (unpaired) electrons. The molecule has 1 unspecified atom stereocenters. The lowest BCUT2D eigenvalue weighted by Crippen LogP contribution is -2.19. The van der Waals surface area contributed by atoms with Crippen molar-refractivity contribution in [2.45, 2.75) is 40.5 Å². The molecule has 0 saturated carbocycles. The number of halogens is 1. The molecular weight excluding hydrogens is 248 g/mol. The van der Waals surface area contributed by atoms with E-state index in [1.54, 1.807) is 18.3 Å². The highest BCUT2D eigenvalue weighted by Gasteiger charge is 2.17. The van der Waals surface area contributed by atoms with Crippen molar-refractivity contribution in [2.75, 3.05) is 5.32 Å². The standard InChI is InChI=1S/C14H21ClN2O/c1-10(9-14(2,3)4)7-13(18)17-12-8-11(15)5-6-16-12/h5-6,8,10H,7,9H2,1-4H3,(H,16,17,18). The number of carbonyl (C=O) groups excluding carboxylic acids is 1. The molecule has 0 saturated heterocycles. The first kappa shape index (κ1) is 15.0. The van der Waals surface area contributed by atoms with Crippen LogP contribution in [0.5, 0.6) is 0 Å². The summed E-state index contributed by atoms with van der Waals surface area (Å²) in [6.45, 7) is 8.63. The number of rotatable bonds is 4. The monoisotopic (exact) mass is 268 g/mol. The van der Waals surface area contributed by atoms with Gasteiger partial charge in [0.2, 0.25) is 5.91 Å². The summed E-state index contributed by atoms with van der Waals surface area (Å²) < 4.78 is 0. The van der Waals surface area contributed by atoms with Crippen molar-refractivity contribution < 1.29 is 4.79 Å². The third-order valence-corrected chi connectivity index (χ3v) is 2.72. The topological polar surface area (TPSA) is 42.0 Å². The van der Waals surface area contributed by atoms with Gasteiger partial charge >= 0.3 is 0 Å². The highest BCUT2D eigenvalue weighted by molar-refractivity contribution is 6.30. The Balaban J connectivity index is 2.47. The molecule has 1 amide bonds. The van der Waals surface area contributed by atoms with Crippen molar-refractivity contribution in [1.29, 1.82) is 0 Å². The average Bonchev–Trinajstić information content (AvgIpc) is 2.13. The summed E-state index contributed by atoms with van der Waals surface area (Å²) >= 11 is 5.83. The molecule has 0 aliphatic carbocycles. The van der Waals surface area contributed by atoms with Gasteiger partial charge in [-0.3, -0.25) is 4.79 Å². The van der Waals surface area contributed by atoms with Gasteiger partial charge in [-0.05, 0) is 29.9 Å². The Morgan fingerprint density at radius 1 is 1.50 bits per heavy atom. The fraction of sp³-hybridized carbons (Fsp3) is 0.571. The fourth-order valence-corrected chi connectivity index (χ4v) is 2.26. The van der Waals surface area contributed by atoms with E-state index >= 15 is 0 Å². The summed E-state index contributed by atoms with van der Waals surface area (Å²) in [5, 5.41) is 3.34. The summed E-state index contributed by atoms with van der Waals surface area (Å²) in [5.74, 6) is 0.848. The molecule has 1 atom stereocenters. The van der Waals surface area contributed by atoms with Gasteiger partial charge in [-0.1, -0.05) is 39.3 Å². The Kier molecular flexibility index (Phi) is 5.15. The molecule has 0 aliphatic heterocycles. The second-order valence-electron chi connectivity index (χ2n) is 5.98. The van der Waals surface area contributed by atoms with Crippen molar-refractivity contribution in [2.24, 2.45) is 11.3 Å². The first-order valence-electron chi connectivity index (χ1n) is 6.18. The van der Waals surface area contributed by atoms with Crippen LogP contribution >= 0.6 is 11.6 Å². The number of aromatic nitrogens is 1. The van der Waals surface area contributed by atoms with Crippen LogP contribution in [0.1, 0.15) is 40.5 Å². The zero-order valence-corrected chi connectivity index (χ0v) is 12.2. The average molecular weight is 269 g/mol. The fourth-order valence-electron chi connectivity index (χ4n) is 2.10. The zero-order valence-electron chi connectivity index (χ0n) is 11.5. The van der Waals surface area contributed by atoms with Crippen molar-refractivity contribution in [1.82, 2.24) is 4.98 Å². The smallest absolute Gasteiger partial charge is 0.225 e. The molecule has 100 valence electrons. The largest absolute Gasteiger partial charge is 0.311 e. The normalized spacial score (nSPS) is 13.2. The van der Waals surface area contributed by atoms with Gasteiger partial charge in [0.15, 0.2) is 0 Å². The quantitative estimate of drug-likeness (QED) is 0.892. The van der Waals surface area contributed by atoms with Gasteiger partial charge in [0.1, 0.15) is 5.82 Å². The number of nitrogens with zero attached hydrogens (tertiary/aromatic N) is 1. The van der Waals surface area contributed by atoms with Crippen LogP contribution in [0.2, 0.25) is 5.02 Å². The summed E-state index contributed by atoms with van der Waals surface area (Å²) in [5.41, 5.74) is 0.244. The first-order chi connectivity index (χ1) is 8.26. The maximum atomic E-state index is 11.8. The van der Waals surface area contributed by atoms with E-state index < -0.39 is 0 Å². The van der Waals surface area contributed by atoms with Crippen LogP contribution in [-0.2, 0) is 4.79 Å². The number of pyridine rings is 1. The van der Waals surface area contributed by atoms with Gasteiger partial charge in [0.25, 0.3) is 0 Å². The van der Waals surface area contributed by atoms with Crippen LogP contribution in [0.15, 0.2) is 18.3 Å². The van der Waals surface area contributed by atoms with Gasteiger partial charge in [-0.25, -0.2) is 4.98 Å². The molecule has 0 bridgehead atoms. The lowest BCUT2D eigenvalue weighted by molar-refractivity contribution is -0.117. The van der Waals surface area contributed by atoms with Gasteiger partial charge < -0.3 is 5.32 Å². The van der Waals surface area contributed by atoms with Gasteiger partial charge in [-0.2, -0.15) is 0 Å². The van der Waals surface area contributed by atoms with Crippen LogP contribution in [0.3, 0.4) is 0 Å².